The van der Waals surface area contributed by atoms with Crippen molar-refractivity contribution in [2.24, 2.45) is 5.41 Å². The molecule has 19 heavy (non-hydrogen) atoms. The van der Waals surface area contributed by atoms with Gasteiger partial charge in [0.25, 0.3) is 0 Å². The highest BCUT2D eigenvalue weighted by Crippen LogP contribution is 2.34. The largest absolute Gasteiger partial charge is 0.481 e. The summed E-state index contributed by atoms with van der Waals surface area (Å²) in [4.78, 5) is 24.7. The topological polar surface area (TPSA) is 78.9 Å². The fourth-order valence-corrected chi connectivity index (χ4v) is 2.22. The normalized spacial score (nSPS) is 22.8. The Morgan fingerprint density at radius 2 is 2.16 bits per heavy atom. The van der Waals surface area contributed by atoms with E-state index in [9.17, 15) is 14.7 Å². The third kappa shape index (κ3) is 4.09. The Morgan fingerprint density at radius 3 is 2.63 bits per heavy atom. The molecule has 0 spiro atoms. The van der Waals surface area contributed by atoms with Crippen molar-refractivity contribution in [1.82, 2.24) is 10.2 Å². The van der Waals surface area contributed by atoms with Crippen LogP contribution in [0.15, 0.2) is 0 Å². The molecule has 1 saturated heterocycles. The van der Waals surface area contributed by atoms with Gasteiger partial charge in [-0.15, -0.1) is 0 Å². The number of likely N-dealkylation sites (tertiary alicyclic amines) is 1. The third-order valence-corrected chi connectivity index (χ3v) is 3.60. The lowest BCUT2D eigenvalue weighted by molar-refractivity contribution is -0.148. The van der Waals surface area contributed by atoms with Crippen LogP contribution >= 0.6 is 0 Å². The van der Waals surface area contributed by atoms with Crippen molar-refractivity contribution in [1.29, 1.82) is 0 Å². The standard InChI is InChI=1S/C13H24N2O4/c1-4-13(11(16)17)5-7-15(9-13)12(18)14-6-8-19-10(2)3/h10H,4-9H2,1-3H3,(H,14,18)(H,16,17). The van der Waals surface area contributed by atoms with E-state index in [0.29, 0.717) is 32.5 Å². The summed E-state index contributed by atoms with van der Waals surface area (Å²) < 4.78 is 5.33. The zero-order chi connectivity index (χ0) is 14.5. The number of amides is 2. The molecule has 1 fully saturated rings. The number of nitrogens with one attached hydrogen (secondary N) is 1. The van der Waals surface area contributed by atoms with Crippen LogP contribution in [0.4, 0.5) is 4.79 Å². The average molecular weight is 272 g/mol. The van der Waals surface area contributed by atoms with Gasteiger partial charge < -0.3 is 20.1 Å². The van der Waals surface area contributed by atoms with Crippen molar-refractivity contribution >= 4 is 12.0 Å². The van der Waals surface area contributed by atoms with E-state index < -0.39 is 11.4 Å². The number of carboxylic acid groups (broad SMARTS) is 1. The van der Waals surface area contributed by atoms with Crippen LogP contribution in [0.3, 0.4) is 0 Å². The molecule has 2 amide bonds. The van der Waals surface area contributed by atoms with Gasteiger partial charge in [0.1, 0.15) is 0 Å². The molecule has 1 unspecified atom stereocenters. The van der Waals surface area contributed by atoms with E-state index in [1.165, 1.54) is 0 Å². The molecular weight excluding hydrogens is 248 g/mol. The third-order valence-electron chi connectivity index (χ3n) is 3.60. The smallest absolute Gasteiger partial charge is 0.317 e. The van der Waals surface area contributed by atoms with Crippen molar-refractivity contribution in [2.75, 3.05) is 26.2 Å². The number of carbonyl (C=O) groups is 2. The van der Waals surface area contributed by atoms with E-state index in [1.54, 1.807) is 4.90 Å². The molecule has 0 aromatic carbocycles. The number of hydrogen-bond acceptors (Lipinski definition) is 3. The molecule has 0 aromatic rings. The maximum atomic E-state index is 11.9. The first-order valence-electron chi connectivity index (χ1n) is 6.79. The van der Waals surface area contributed by atoms with Crippen LogP contribution in [-0.4, -0.2) is 54.4 Å². The molecule has 6 nitrogen and oxygen atoms in total. The summed E-state index contributed by atoms with van der Waals surface area (Å²) in [5.41, 5.74) is -0.772. The maximum Gasteiger partial charge on any atom is 0.317 e. The van der Waals surface area contributed by atoms with Gasteiger partial charge >= 0.3 is 12.0 Å². The van der Waals surface area contributed by atoms with Crippen LogP contribution < -0.4 is 5.32 Å². The van der Waals surface area contributed by atoms with Crippen LogP contribution in [-0.2, 0) is 9.53 Å². The number of carbonyl (C=O) groups excluding carboxylic acids is 1. The average Bonchev–Trinajstić information content (AvgIpc) is 2.80. The highest BCUT2D eigenvalue weighted by molar-refractivity contribution is 5.79. The summed E-state index contributed by atoms with van der Waals surface area (Å²) in [7, 11) is 0. The Bertz CT molecular complexity index is 333. The Morgan fingerprint density at radius 1 is 1.47 bits per heavy atom. The van der Waals surface area contributed by atoms with E-state index in [0.717, 1.165) is 0 Å². The molecule has 0 aromatic heterocycles. The summed E-state index contributed by atoms with van der Waals surface area (Å²) in [6.07, 6.45) is 1.21. The molecule has 1 aliphatic rings. The van der Waals surface area contributed by atoms with E-state index in [-0.39, 0.29) is 18.7 Å². The summed E-state index contributed by atoms with van der Waals surface area (Å²) in [5, 5.41) is 12.0. The van der Waals surface area contributed by atoms with E-state index in [2.05, 4.69) is 5.32 Å². The summed E-state index contributed by atoms with van der Waals surface area (Å²) in [6, 6.07) is -0.205. The Balaban J connectivity index is 2.37. The van der Waals surface area contributed by atoms with Crippen LogP contribution in [0, 0.1) is 5.41 Å². The van der Waals surface area contributed by atoms with Gasteiger partial charge in [-0.1, -0.05) is 6.92 Å². The van der Waals surface area contributed by atoms with Gasteiger partial charge in [0.15, 0.2) is 0 Å². The molecule has 1 aliphatic heterocycles. The van der Waals surface area contributed by atoms with Crippen LogP contribution in [0.1, 0.15) is 33.6 Å². The summed E-state index contributed by atoms with van der Waals surface area (Å²) >= 11 is 0. The second-order valence-electron chi connectivity index (χ2n) is 5.26. The number of urea groups is 1. The SMILES string of the molecule is CCC1(C(=O)O)CCN(C(=O)NCCOC(C)C)C1. The minimum absolute atomic E-state index is 0.142. The first-order valence-corrected chi connectivity index (χ1v) is 6.79. The number of rotatable bonds is 6. The zero-order valence-corrected chi connectivity index (χ0v) is 11.9. The minimum atomic E-state index is -0.812. The quantitative estimate of drug-likeness (QED) is 0.714. The molecule has 110 valence electrons. The molecule has 2 N–H and O–H groups in total. The first kappa shape index (κ1) is 15.8. The van der Waals surface area contributed by atoms with Gasteiger partial charge in [0.2, 0.25) is 0 Å². The van der Waals surface area contributed by atoms with Gasteiger partial charge in [-0.05, 0) is 26.7 Å². The van der Waals surface area contributed by atoms with Crippen LogP contribution in [0.5, 0.6) is 0 Å². The monoisotopic (exact) mass is 272 g/mol. The summed E-state index contributed by atoms with van der Waals surface area (Å²) in [5.74, 6) is -0.812. The molecular formula is C13H24N2O4. The number of nitrogens with zero attached hydrogens (tertiary/aromatic N) is 1. The van der Waals surface area contributed by atoms with Crippen molar-refractivity contribution in [3.8, 4) is 0 Å². The molecule has 1 rings (SSSR count). The molecule has 6 heteroatoms. The minimum Gasteiger partial charge on any atom is -0.481 e. The fraction of sp³-hybridized carbons (Fsp3) is 0.846. The maximum absolute atomic E-state index is 11.9. The first-order chi connectivity index (χ1) is 8.91. The number of ether oxygens (including phenoxy) is 1. The second-order valence-corrected chi connectivity index (χ2v) is 5.26. The molecule has 0 radical (unpaired) electrons. The molecule has 1 atom stereocenters. The number of aliphatic carboxylic acids is 1. The number of hydrogen-bond donors (Lipinski definition) is 2. The zero-order valence-electron chi connectivity index (χ0n) is 11.9. The Labute approximate surface area is 114 Å². The van der Waals surface area contributed by atoms with Gasteiger partial charge in [-0.2, -0.15) is 0 Å². The molecule has 0 bridgehead atoms. The molecule has 0 aliphatic carbocycles. The fourth-order valence-electron chi connectivity index (χ4n) is 2.22. The summed E-state index contributed by atoms with van der Waals surface area (Å²) in [6.45, 7) is 7.42. The van der Waals surface area contributed by atoms with E-state index >= 15 is 0 Å². The number of carboxylic acids is 1. The van der Waals surface area contributed by atoms with Gasteiger partial charge in [-0.25, -0.2) is 4.79 Å². The van der Waals surface area contributed by atoms with Crippen molar-refractivity contribution in [2.45, 2.75) is 39.7 Å². The van der Waals surface area contributed by atoms with Crippen molar-refractivity contribution in [3.05, 3.63) is 0 Å². The van der Waals surface area contributed by atoms with E-state index in [4.69, 9.17) is 4.74 Å². The van der Waals surface area contributed by atoms with Gasteiger partial charge in [0, 0.05) is 19.6 Å². The second kappa shape index (κ2) is 6.75. The molecule has 0 saturated carbocycles. The van der Waals surface area contributed by atoms with Crippen LogP contribution in [0.2, 0.25) is 0 Å². The highest BCUT2D eigenvalue weighted by Gasteiger charge is 2.44. The lowest BCUT2D eigenvalue weighted by Gasteiger charge is -2.23. The van der Waals surface area contributed by atoms with Crippen molar-refractivity contribution < 1.29 is 19.4 Å². The highest BCUT2D eigenvalue weighted by atomic mass is 16.5. The van der Waals surface area contributed by atoms with Crippen molar-refractivity contribution in [3.63, 3.8) is 0 Å². The van der Waals surface area contributed by atoms with Gasteiger partial charge in [0.05, 0.1) is 18.1 Å². The molecule has 1 heterocycles. The van der Waals surface area contributed by atoms with Crippen LogP contribution in [0.25, 0.3) is 0 Å². The predicted molar refractivity (Wildman–Crippen MR) is 71.0 cm³/mol. The lowest BCUT2D eigenvalue weighted by atomic mass is 9.84. The predicted octanol–water partition coefficient (Wildman–Crippen LogP) is 1.31. The Kier molecular flexibility index (Phi) is 5.60. The lowest BCUT2D eigenvalue weighted by Crippen LogP contribution is -2.42. The van der Waals surface area contributed by atoms with E-state index in [1.807, 2.05) is 20.8 Å². The van der Waals surface area contributed by atoms with Gasteiger partial charge in [-0.3, -0.25) is 4.79 Å². The Hall–Kier alpha value is -1.30.